The number of ether oxygens (including phenoxy) is 1. The van der Waals surface area contributed by atoms with Crippen molar-refractivity contribution in [3.05, 3.63) is 29.3 Å². The van der Waals surface area contributed by atoms with Crippen LogP contribution in [-0.4, -0.2) is 22.6 Å². The summed E-state index contributed by atoms with van der Waals surface area (Å²) in [7, 11) is 0. The van der Waals surface area contributed by atoms with Crippen molar-refractivity contribution in [3.8, 4) is 5.75 Å². The molecule has 0 unspecified atom stereocenters. The van der Waals surface area contributed by atoms with Gasteiger partial charge in [-0.05, 0) is 31.2 Å². The number of anilines is 1. The normalized spacial score (nSPS) is 10.4. The van der Waals surface area contributed by atoms with Gasteiger partial charge in [-0.3, -0.25) is 0 Å². The summed E-state index contributed by atoms with van der Waals surface area (Å²) in [6, 6.07) is 7.40. The zero-order valence-corrected chi connectivity index (χ0v) is 11.1. The van der Waals surface area contributed by atoms with Gasteiger partial charge in [0.1, 0.15) is 10.8 Å². The highest BCUT2D eigenvalue weighted by Gasteiger charge is 2.01. The molecule has 0 aliphatic carbocycles. The van der Waals surface area contributed by atoms with Crippen LogP contribution in [0.15, 0.2) is 28.6 Å². The first-order valence-electron chi connectivity index (χ1n) is 5.15. The Kier molecular flexibility index (Phi) is 4.22. The minimum absolute atomic E-state index is 0.646. The van der Waals surface area contributed by atoms with E-state index in [0.29, 0.717) is 6.61 Å². The Bertz CT molecular complexity index is 470. The lowest BCUT2D eigenvalue weighted by Crippen LogP contribution is -2.00. The number of aromatic nitrogens is 2. The van der Waals surface area contributed by atoms with Gasteiger partial charge in [0.2, 0.25) is 0 Å². The predicted octanol–water partition coefficient (Wildman–Crippen LogP) is 2.60. The number of aryl methyl sites for hydroxylation is 1. The maximum absolute atomic E-state index is 5.59. The van der Waals surface area contributed by atoms with Crippen molar-refractivity contribution in [3.63, 3.8) is 0 Å². The van der Waals surface area contributed by atoms with E-state index in [1.165, 1.54) is 0 Å². The van der Waals surface area contributed by atoms with Gasteiger partial charge >= 0.3 is 0 Å². The third-order valence-electron chi connectivity index (χ3n) is 1.97. The summed E-state index contributed by atoms with van der Waals surface area (Å²) in [5.41, 5.74) is 6.33. The van der Waals surface area contributed by atoms with Gasteiger partial charge in [-0.25, -0.2) is 0 Å². The van der Waals surface area contributed by atoms with Crippen LogP contribution in [-0.2, 0) is 0 Å². The lowest BCUT2D eigenvalue weighted by atomic mass is 10.3. The van der Waals surface area contributed by atoms with E-state index in [1.54, 1.807) is 23.1 Å². The van der Waals surface area contributed by atoms with E-state index < -0.39 is 0 Å². The molecule has 1 heterocycles. The molecule has 0 amide bonds. The zero-order valence-electron chi connectivity index (χ0n) is 9.42. The fourth-order valence-corrected chi connectivity index (χ4v) is 2.89. The van der Waals surface area contributed by atoms with Gasteiger partial charge < -0.3 is 10.5 Å². The molecule has 90 valence electrons. The van der Waals surface area contributed by atoms with E-state index in [0.717, 1.165) is 26.5 Å². The van der Waals surface area contributed by atoms with Gasteiger partial charge in [0.15, 0.2) is 4.34 Å². The third kappa shape index (κ3) is 3.90. The van der Waals surface area contributed by atoms with Crippen LogP contribution in [0, 0.1) is 6.92 Å². The first kappa shape index (κ1) is 12.2. The van der Waals surface area contributed by atoms with E-state index in [1.807, 2.05) is 31.2 Å². The highest BCUT2D eigenvalue weighted by atomic mass is 32.2. The molecule has 0 atom stereocenters. The van der Waals surface area contributed by atoms with Gasteiger partial charge in [0.05, 0.1) is 6.61 Å². The topological polar surface area (TPSA) is 61.0 Å². The molecule has 1 aromatic carbocycles. The lowest BCUT2D eigenvalue weighted by Gasteiger charge is -2.04. The summed E-state index contributed by atoms with van der Waals surface area (Å²) in [6.45, 7) is 2.60. The Balaban J connectivity index is 1.71. The van der Waals surface area contributed by atoms with Gasteiger partial charge in [0, 0.05) is 11.4 Å². The van der Waals surface area contributed by atoms with E-state index in [2.05, 4.69) is 10.2 Å². The highest BCUT2D eigenvalue weighted by Crippen LogP contribution is 2.21. The highest BCUT2D eigenvalue weighted by molar-refractivity contribution is 8.01. The van der Waals surface area contributed by atoms with Crippen molar-refractivity contribution in [1.82, 2.24) is 10.2 Å². The van der Waals surface area contributed by atoms with E-state index in [9.17, 15) is 0 Å². The van der Waals surface area contributed by atoms with Crippen molar-refractivity contribution in [2.45, 2.75) is 11.3 Å². The Morgan fingerprint density at radius 1 is 1.29 bits per heavy atom. The maximum Gasteiger partial charge on any atom is 0.174 e. The van der Waals surface area contributed by atoms with Gasteiger partial charge in [-0.15, -0.1) is 10.2 Å². The van der Waals surface area contributed by atoms with E-state index >= 15 is 0 Å². The Morgan fingerprint density at radius 3 is 2.71 bits per heavy atom. The average molecular weight is 267 g/mol. The second-order valence-corrected chi connectivity index (χ2v) is 5.88. The van der Waals surface area contributed by atoms with Crippen molar-refractivity contribution >= 4 is 28.8 Å². The summed E-state index contributed by atoms with van der Waals surface area (Å²) in [5, 5.41) is 8.98. The average Bonchev–Trinajstić information content (AvgIpc) is 2.73. The molecule has 4 nitrogen and oxygen atoms in total. The summed E-state index contributed by atoms with van der Waals surface area (Å²) < 4.78 is 6.56. The quantitative estimate of drug-likeness (QED) is 0.512. The fourth-order valence-electron chi connectivity index (χ4n) is 1.19. The molecule has 0 saturated carbocycles. The summed E-state index contributed by atoms with van der Waals surface area (Å²) in [5.74, 6) is 1.70. The molecule has 17 heavy (non-hydrogen) atoms. The molecule has 2 rings (SSSR count). The molecule has 0 saturated heterocycles. The summed E-state index contributed by atoms with van der Waals surface area (Å²) in [6.07, 6.45) is 0. The van der Waals surface area contributed by atoms with Crippen LogP contribution in [0.25, 0.3) is 0 Å². The number of hydrogen-bond donors (Lipinski definition) is 1. The largest absolute Gasteiger partial charge is 0.493 e. The number of nitrogen functional groups attached to an aromatic ring is 1. The van der Waals surface area contributed by atoms with Gasteiger partial charge in [0.25, 0.3) is 0 Å². The van der Waals surface area contributed by atoms with Crippen molar-refractivity contribution < 1.29 is 4.74 Å². The molecule has 0 aliphatic heterocycles. The van der Waals surface area contributed by atoms with E-state index in [-0.39, 0.29) is 0 Å². The summed E-state index contributed by atoms with van der Waals surface area (Å²) >= 11 is 3.26. The Labute approximate surface area is 108 Å². The van der Waals surface area contributed by atoms with Gasteiger partial charge in [-0.1, -0.05) is 23.1 Å². The standard InChI is InChI=1S/C11H13N3OS2/c1-8-13-14-11(17-8)16-7-6-15-10-4-2-9(12)3-5-10/h2-5H,6-7,12H2,1H3. The molecule has 0 fully saturated rings. The van der Waals surface area contributed by atoms with Gasteiger partial charge in [-0.2, -0.15) is 0 Å². The third-order valence-corrected chi connectivity index (χ3v) is 3.90. The molecule has 1 aromatic heterocycles. The number of thioether (sulfide) groups is 1. The van der Waals surface area contributed by atoms with Crippen molar-refractivity contribution in [2.24, 2.45) is 0 Å². The fraction of sp³-hybridized carbons (Fsp3) is 0.273. The molecule has 0 bridgehead atoms. The van der Waals surface area contributed by atoms with Crippen LogP contribution in [0.4, 0.5) is 5.69 Å². The monoisotopic (exact) mass is 267 g/mol. The molecule has 0 radical (unpaired) electrons. The molecule has 2 N–H and O–H groups in total. The molecule has 2 aromatic rings. The minimum atomic E-state index is 0.646. The number of rotatable bonds is 5. The van der Waals surface area contributed by atoms with Crippen LogP contribution < -0.4 is 10.5 Å². The number of hydrogen-bond acceptors (Lipinski definition) is 6. The Hall–Kier alpha value is -1.27. The predicted molar refractivity (Wildman–Crippen MR) is 71.7 cm³/mol. The van der Waals surface area contributed by atoms with Crippen LogP contribution in [0.1, 0.15) is 5.01 Å². The molecule has 6 heteroatoms. The molecule has 0 aliphatic rings. The first-order valence-corrected chi connectivity index (χ1v) is 6.95. The van der Waals surface area contributed by atoms with Crippen LogP contribution >= 0.6 is 23.1 Å². The smallest absolute Gasteiger partial charge is 0.174 e. The van der Waals surface area contributed by atoms with Crippen LogP contribution in [0.3, 0.4) is 0 Å². The van der Waals surface area contributed by atoms with Crippen molar-refractivity contribution in [2.75, 3.05) is 18.1 Å². The number of nitrogens with two attached hydrogens (primary N) is 1. The second-order valence-electron chi connectivity index (χ2n) is 3.35. The Morgan fingerprint density at radius 2 is 2.06 bits per heavy atom. The maximum atomic E-state index is 5.59. The number of nitrogens with zero attached hydrogens (tertiary/aromatic N) is 2. The minimum Gasteiger partial charge on any atom is -0.493 e. The second kappa shape index (κ2) is 5.88. The lowest BCUT2D eigenvalue weighted by molar-refractivity contribution is 0.344. The number of benzene rings is 1. The first-order chi connectivity index (χ1) is 8.24. The SMILES string of the molecule is Cc1nnc(SCCOc2ccc(N)cc2)s1. The molecule has 0 spiro atoms. The summed E-state index contributed by atoms with van der Waals surface area (Å²) in [4.78, 5) is 0. The molecular formula is C11H13N3OS2. The molecular weight excluding hydrogens is 254 g/mol. The zero-order chi connectivity index (χ0) is 12.1. The van der Waals surface area contributed by atoms with E-state index in [4.69, 9.17) is 10.5 Å². The van der Waals surface area contributed by atoms with Crippen LogP contribution in [0.2, 0.25) is 0 Å². The van der Waals surface area contributed by atoms with Crippen LogP contribution in [0.5, 0.6) is 5.75 Å². The van der Waals surface area contributed by atoms with Crippen molar-refractivity contribution in [1.29, 1.82) is 0 Å².